The zero-order chi connectivity index (χ0) is 12.9. The summed E-state index contributed by atoms with van der Waals surface area (Å²) in [5.74, 6) is 0. The summed E-state index contributed by atoms with van der Waals surface area (Å²) >= 11 is 0. The normalized spacial score (nSPS) is 13.9. The monoisotopic (exact) mass is 251 g/mol. The van der Waals surface area contributed by atoms with Crippen molar-refractivity contribution in [3.8, 4) is 0 Å². The molecule has 0 radical (unpaired) electrons. The van der Waals surface area contributed by atoms with Gasteiger partial charge in [-0.05, 0) is 12.6 Å². The van der Waals surface area contributed by atoms with Crippen LogP contribution in [0.5, 0.6) is 0 Å². The van der Waals surface area contributed by atoms with E-state index < -0.39 is 12.8 Å². The topological polar surface area (TPSA) is 39.1 Å². The van der Waals surface area contributed by atoms with Crippen molar-refractivity contribution < 1.29 is 17.9 Å². The number of hydrogen-bond acceptors (Lipinski definition) is 3. The molecule has 4 nitrogen and oxygen atoms in total. The minimum atomic E-state index is -4.29. The van der Waals surface area contributed by atoms with Crippen LogP contribution in [0, 0.1) is 0 Å². The second-order valence-electron chi connectivity index (χ2n) is 3.65. The molecule has 1 N–H and O–H groups in total. The predicted octanol–water partition coefficient (Wildman–Crippen LogP) is 1.65. The third-order valence-electron chi connectivity index (χ3n) is 2.09. The Hall–Kier alpha value is -1.08. The Morgan fingerprint density at radius 2 is 2.24 bits per heavy atom. The van der Waals surface area contributed by atoms with E-state index in [0.29, 0.717) is 12.2 Å². The summed E-state index contributed by atoms with van der Waals surface area (Å²) in [7, 11) is 1.75. The average Bonchev–Trinajstić information content (AvgIpc) is 2.62. The lowest BCUT2D eigenvalue weighted by atomic mass is 10.2. The molecule has 0 aromatic carbocycles. The van der Waals surface area contributed by atoms with E-state index in [4.69, 9.17) is 0 Å². The Kier molecular flexibility index (Phi) is 4.95. The zero-order valence-corrected chi connectivity index (χ0v) is 9.79. The minimum absolute atomic E-state index is 0.0512. The van der Waals surface area contributed by atoms with Crippen LogP contribution in [-0.2, 0) is 11.8 Å². The number of rotatable bonds is 6. The van der Waals surface area contributed by atoms with Crippen LogP contribution in [-0.4, -0.2) is 35.7 Å². The van der Waals surface area contributed by atoms with Crippen molar-refractivity contribution in [2.45, 2.75) is 19.1 Å². The lowest BCUT2D eigenvalue weighted by molar-refractivity contribution is -0.175. The maximum atomic E-state index is 11.9. The van der Waals surface area contributed by atoms with Gasteiger partial charge in [0.25, 0.3) is 0 Å². The van der Waals surface area contributed by atoms with Gasteiger partial charge in [0.05, 0.1) is 18.3 Å². The van der Waals surface area contributed by atoms with E-state index in [9.17, 15) is 13.2 Å². The molecule has 0 amide bonds. The number of alkyl halides is 3. The highest BCUT2D eigenvalue weighted by Crippen LogP contribution is 2.16. The van der Waals surface area contributed by atoms with Gasteiger partial charge < -0.3 is 10.1 Å². The Bertz CT molecular complexity index is 338. The van der Waals surface area contributed by atoms with E-state index in [0.717, 1.165) is 0 Å². The molecule has 0 fully saturated rings. The first-order valence-corrected chi connectivity index (χ1v) is 5.30. The third kappa shape index (κ3) is 5.18. The fourth-order valence-electron chi connectivity index (χ4n) is 1.41. The lowest BCUT2D eigenvalue weighted by Gasteiger charge is -2.16. The number of halogens is 3. The van der Waals surface area contributed by atoms with Crippen LogP contribution in [0.15, 0.2) is 12.3 Å². The van der Waals surface area contributed by atoms with Gasteiger partial charge in [-0.2, -0.15) is 18.3 Å². The first-order chi connectivity index (χ1) is 7.92. The third-order valence-corrected chi connectivity index (χ3v) is 2.09. The van der Waals surface area contributed by atoms with E-state index in [1.165, 1.54) is 0 Å². The number of aromatic nitrogens is 2. The second kappa shape index (κ2) is 6.02. The molecule has 7 heteroatoms. The van der Waals surface area contributed by atoms with Gasteiger partial charge in [0.1, 0.15) is 6.61 Å². The van der Waals surface area contributed by atoms with Crippen molar-refractivity contribution >= 4 is 0 Å². The van der Waals surface area contributed by atoms with Crippen molar-refractivity contribution in [1.29, 1.82) is 0 Å². The second-order valence-corrected chi connectivity index (χ2v) is 3.65. The summed E-state index contributed by atoms with van der Waals surface area (Å²) in [6, 6.07) is 1.44. The number of aryl methyl sites for hydroxylation is 1. The Morgan fingerprint density at radius 1 is 1.53 bits per heavy atom. The summed E-state index contributed by atoms with van der Waals surface area (Å²) in [5.41, 5.74) is 0.677. The molecule has 0 saturated carbocycles. The van der Waals surface area contributed by atoms with Gasteiger partial charge in [0.15, 0.2) is 0 Å². The molecule has 0 aliphatic rings. The molecule has 1 unspecified atom stereocenters. The Balaban J connectivity index is 2.49. The number of hydrogen-bond donors (Lipinski definition) is 1. The number of likely N-dealkylation sites (N-methyl/N-ethyl adjacent to an activating group) is 1. The van der Waals surface area contributed by atoms with Crippen LogP contribution in [0.2, 0.25) is 0 Å². The van der Waals surface area contributed by atoms with Gasteiger partial charge in [-0.1, -0.05) is 6.92 Å². The molecule has 1 rings (SSSR count). The van der Waals surface area contributed by atoms with Crippen molar-refractivity contribution in [2.75, 3.05) is 19.8 Å². The molecule has 1 aromatic rings. The quantitative estimate of drug-likeness (QED) is 0.835. The van der Waals surface area contributed by atoms with Gasteiger partial charge in [0.2, 0.25) is 0 Å². The van der Waals surface area contributed by atoms with Gasteiger partial charge in [0, 0.05) is 13.2 Å². The molecule has 1 aromatic heterocycles. The summed E-state index contributed by atoms with van der Waals surface area (Å²) < 4.78 is 42.0. The van der Waals surface area contributed by atoms with Gasteiger partial charge in [-0.25, -0.2) is 0 Å². The predicted molar refractivity (Wildman–Crippen MR) is 56.5 cm³/mol. The highest BCUT2D eigenvalue weighted by Gasteiger charge is 2.28. The molecular weight excluding hydrogens is 235 g/mol. The van der Waals surface area contributed by atoms with Gasteiger partial charge in [-0.3, -0.25) is 4.68 Å². The standard InChI is InChI=1S/C10H16F3N3O/c1-3-14-9(6-17-7-10(11,12)13)8-4-5-16(2)15-8/h4-5,9,14H,3,6-7H2,1-2H3. The maximum absolute atomic E-state index is 11.9. The average molecular weight is 251 g/mol. The van der Waals surface area contributed by atoms with Crippen LogP contribution in [0.1, 0.15) is 18.7 Å². The number of nitrogens with zero attached hydrogens (tertiary/aromatic N) is 2. The first-order valence-electron chi connectivity index (χ1n) is 5.30. The Labute approximate surface area is 97.8 Å². The van der Waals surface area contributed by atoms with Gasteiger partial charge >= 0.3 is 6.18 Å². The van der Waals surface area contributed by atoms with Crippen molar-refractivity contribution in [2.24, 2.45) is 7.05 Å². The van der Waals surface area contributed by atoms with Crippen molar-refractivity contribution in [3.05, 3.63) is 18.0 Å². The molecule has 0 saturated heterocycles. The smallest absolute Gasteiger partial charge is 0.370 e. The SMILES string of the molecule is CCNC(COCC(F)(F)F)c1ccn(C)n1. The fourth-order valence-corrected chi connectivity index (χ4v) is 1.41. The summed E-state index contributed by atoms with van der Waals surface area (Å²) in [6.45, 7) is 1.22. The van der Waals surface area contributed by atoms with Crippen LogP contribution in [0.3, 0.4) is 0 Å². The molecule has 0 spiro atoms. The molecule has 0 bridgehead atoms. The molecule has 0 aliphatic carbocycles. The van der Waals surface area contributed by atoms with Gasteiger partial charge in [-0.15, -0.1) is 0 Å². The van der Waals surface area contributed by atoms with E-state index in [1.54, 1.807) is 24.0 Å². The minimum Gasteiger partial charge on any atom is -0.370 e. The highest BCUT2D eigenvalue weighted by molar-refractivity contribution is 5.05. The molecule has 0 aliphatic heterocycles. The van der Waals surface area contributed by atoms with Crippen LogP contribution in [0.4, 0.5) is 13.2 Å². The summed E-state index contributed by atoms with van der Waals surface area (Å²) in [5, 5.41) is 7.17. The van der Waals surface area contributed by atoms with Crippen LogP contribution >= 0.6 is 0 Å². The molecular formula is C10H16F3N3O. The van der Waals surface area contributed by atoms with Crippen molar-refractivity contribution in [3.63, 3.8) is 0 Å². The summed E-state index contributed by atoms with van der Waals surface area (Å²) in [4.78, 5) is 0. The summed E-state index contributed by atoms with van der Waals surface area (Å²) in [6.07, 6.45) is -2.55. The largest absolute Gasteiger partial charge is 0.411 e. The van der Waals surface area contributed by atoms with E-state index >= 15 is 0 Å². The molecule has 17 heavy (non-hydrogen) atoms. The number of nitrogens with one attached hydrogen (secondary N) is 1. The lowest BCUT2D eigenvalue weighted by Crippen LogP contribution is -2.28. The van der Waals surface area contributed by atoms with Crippen LogP contribution < -0.4 is 5.32 Å². The molecule has 98 valence electrons. The maximum Gasteiger partial charge on any atom is 0.411 e. The highest BCUT2D eigenvalue weighted by atomic mass is 19.4. The van der Waals surface area contributed by atoms with E-state index in [1.807, 2.05) is 6.92 Å². The molecule has 1 heterocycles. The Morgan fingerprint density at radius 3 is 2.71 bits per heavy atom. The first kappa shape index (κ1) is 14.0. The fraction of sp³-hybridized carbons (Fsp3) is 0.700. The molecule has 1 atom stereocenters. The van der Waals surface area contributed by atoms with E-state index in [-0.39, 0.29) is 12.6 Å². The van der Waals surface area contributed by atoms with Crippen LogP contribution in [0.25, 0.3) is 0 Å². The number of ether oxygens (including phenoxy) is 1. The zero-order valence-electron chi connectivity index (χ0n) is 9.79. The van der Waals surface area contributed by atoms with Crippen molar-refractivity contribution in [1.82, 2.24) is 15.1 Å². The van der Waals surface area contributed by atoms with E-state index in [2.05, 4.69) is 15.2 Å².